The normalized spacial score (nSPS) is 11.1. The Morgan fingerprint density at radius 2 is 1.59 bits per heavy atom. The van der Waals surface area contributed by atoms with Gasteiger partial charge in [-0.15, -0.1) is 0 Å². The van der Waals surface area contributed by atoms with Crippen molar-refractivity contribution < 1.29 is 13.6 Å². The molecular weight excluding hydrogens is 286 g/mol. The van der Waals surface area contributed by atoms with Gasteiger partial charge in [0.15, 0.2) is 0 Å². The molecular formula is C17H18F2N2O. The van der Waals surface area contributed by atoms with Crippen molar-refractivity contribution in [2.75, 3.05) is 10.6 Å². The molecule has 2 aromatic carbocycles. The van der Waals surface area contributed by atoms with Crippen molar-refractivity contribution in [1.29, 1.82) is 0 Å². The van der Waals surface area contributed by atoms with Gasteiger partial charge >= 0.3 is 6.03 Å². The Balaban J connectivity index is 2.16. The van der Waals surface area contributed by atoms with Crippen LogP contribution in [0.15, 0.2) is 42.5 Å². The maximum Gasteiger partial charge on any atom is 0.323 e. The van der Waals surface area contributed by atoms with E-state index in [2.05, 4.69) is 10.6 Å². The number of nitrogens with one attached hydrogen (secondary N) is 2. The Labute approximate surface area is 128 Å². The van der Waals surface area contributed by atoms with Gasteiger partial charge in [0, 0.05) is 11.8 Å². The van der Waals surface area contributed by atoms with Gasteiger partial charge in [-0.2, -0.15) is 0 Å². The fraction of sp³-hybridized carbons (Fsp3) is 0.235. The van der Waals surface area contributed by atoms with Crippen molar-refractivity contribution in [1.82, 2.24) is 0 Å². The Bertz CT molecular complexity index is 693. The molecule has 0 aliphatic rings. The van der Waals surface area contributed by atoms with E-state index in [-0.39, 0.29) is 11.1 Å². The van der Waals surface area contributed by atoms with Crippen LogP contribution in [-0.2, 0) is 5.41 Å². The van der Waals surface area contributed by atoms with E-state index in [0.717, 1.165) is 17.7 Å². The van der Waals surface area contributed by atoms with E-state index < -0.39 is 17.7 Å². The summed E-state index contributed by atoms with van der Waals surface area (Å²) in [5, 5.41) is 5.07. The summed E-state index contributed by atoms with van der Waals surface area (Å²) in [6.45, 7) is 6.10. The predicted octanol–water partition coefficient (Wildman–Crippen LogP) is 4.91. The van der Waals surface area contributed by atoms with Crippen molar-refractivity contribution in [2.24, 2.45) is 0 Å². The molecule has 0 radical (unpaired) electrons. The summed E-state index contributed by atoms with van der Waals surface area (Å²) in [5.41, 5.74) is 1.39. The van der Waals surface area contributed by atoms with Crippen LogP contribution in [0.2, 0.25) is 0 Å². The SMILES string of the molecule is CC(C)(C)c1ccccc1NC(=O)Nc1ccc(F)cc1F. The summed E-state index contributed by atoms with van der Waals surface area (Å²) >= 11 is 0. The molecule has 0 saturated carbocycles. The van der Waals surface area contributed by atoms with Gasteiger partial charge in [-0.1, -0.05) is 39.0 Å². The summed E-state index contributed by atoms with van der Waals surface area (Å²) < 4.78 is 26.4. The standard InChI is InChI=1S/C17H18F2N2O/c1-17(2,3)12-6-4-5-7-14(12)20-16(22)21-15-9-8-11(18)10-13(15)19/h4-10H,1-3H3,(H2,20,21,22). The number of halogens is 2. The van der Waals surface area contributed by atoms with Gasteiger partial charge in [-0.3, -0.25) is 0 Å². The number of carbonyl (C=O) groups excluding carboxylic acids is 1. The highest BCUT2D eigenvalue weighted by molar-refractivity contribution is 6.00. The lowest BCUT2D eigenvalue weighted by atomic mass is 9.86. The molecule has 3 nitrogen and oxygen atoms in total. The van der Waals surface area contributed by atoms with Crippen LogP contribution >= 0.6 is 0 Å². The summed E-state index contributed by atoms with van der Waals surface area (Å²) in [6.07, 6.45) is 0. The summed E-state index contributed by atoms with van der Waals surface area (Å²) in [4.78, 5) is 12.0. The third kappa shape index (κ3) is 3.81. The number of anilines is 2. The molecule has 0 unspecified atom stereocenters. The molecule has 0 aromatic heterocycles. The maximum absolute atomic E-state index is 13.5. The highest BCUT2D eigenvalue weighted by Crippen LogP contribution is 2.29. The van der Waals surface area contributed by atoms with Crippen LogP contribution < -0.4 is 10.6 Å². The van der Waals surface area contributed by atoms with Gasteiger partial charge in [-0.05, 0) is 29.2 Å². The van der Waals surface area contributed by atoms with Gasteiger partial charge < -0.3 is 10.6 Å². The Kier molecular flexibility index (Phi) is 4.45. The van der Waals surface area contributed by atoms with E-state index >= 15 is 0 Å². The van der Waals surface area contributed by atoms with Crippen molar-refractivity contribution in [3.8, 4) is 0 Å². The molecule has 0 aliphatic heterocycles. The minimum absolute atomic E-state index is 0.0767. The number of amides is 2. The number of para-hydroxylation sites is 1. The number of carbonyl (C=O) groups is 1. The fourth-order valence-corrected chi connectivity index (χ4v) is 2.11. The van der Waals surface area contributed by atoms with Crippen molar-refractivity contribution in [3.05, 3.63) is 59.7 Å². The third-order valence-electron chi connectivity index (χ3n) is 3.16. The van der Waals surface area contributed by atoms with E-state index in [1.54, 1.807) is 6.07 Å². The lowest BCUT2D eigenvalue weighted by Crippen LogP contribution is -2.23. The van der Waals surface area contributed by atoms with E-state index in [4.69, 9.17) is 0 Å². The molecule has 0 aliphatic carbocycles. The average molecular weight is 304 g/mol. The smallest absolute Gasteiger partial charge is 0.307 e. The first-order valence-electron chi connectivity index (χ1n) is 6.90. The lowest BCUT2D eigenvalue weighted by Gasteiger charge is -2.23. The maximum atomic E-state index is 13.5. The highest BCUT2D eigenvalue weighted by Gasteiger charge is 2.18. The molecule has 2 rings (SSSR count). The largest absolute Gasteiger partial charge is 0.323 e. The Morgan fingerprint density at radius 1 is 0.955 bits per heavy atom. The zero-order valence-corrected chi connectivity index (χ0v) is 12.7. The number of urea groups is 1. The zero-order valence-electron chi connectivity index (χ0n) is 12.7. The molecule has 2 aromatic rings. The van der Waals surface area contributed by atoms with Gasteiger partial charge in [0.25, 0.3) is 0 Å². The quantitative estimate of drug-likeness (QED) is 0.813. The molecule has 0 heterocycles. The Hall–Kier alpha value is -2.43. The molecule has 0 saturated heterocycles. The highest BCUT2D eigenvalue weighted by atomic mass is 19.1. The summed E-state index contributed by atoms with van der Waals surface area (Å²) in [5.74, 6) is -1.51. The average Bonchev–Trinajstić information content (AvgIpc) is 2.41. The topological polar surface area (TPSA) is 41.1 Å². The van der Waals surface area contributed by atoms with Crippen LogP contribution in [0.1, 0.15) is 26.3 Å². The second-order valence-electron chi connectivity index (χ2n) is 6.00. The predicted molar refractivity (Wildman–Crippen MR) is 84.1 cm³/mol. The first-order valence-corrected chi connectivity index (χ1v) is 6.90. The van der Waals surface area contributed by atoms with E-state index in [9.17, 15) is 13.6 Å². The van der Waals surface area contributed by atoms with Crippen molar-refractivity contribution >= 4 is 17.4 Å². The molecule has 2 amide bonds. The van der Waals surface area contributed by atoms with Crippen LogP contribution in [0.4, 0.5) is 25.0 Å². The van der Waals surface area contributed by atoms with Gasteiger partial charge in [-0.25, -0.2) is 13.6 Å². The molecule has 22 heavy (non-hydrogen) atoms. The lowest BCUT2D eigenvalue weighted by molar-refractivity contribution is 0.262. The first-order chi connectivity index (χ1) is 10.3. The van der Waals surface area contributed by atoms with E-state index in [1.165, 1.54) is 6.07 Å². The number of hydrogen-bond donors (Lipinski definition) is 2. The van der Waals surface area contributed by atoms with Crippen molar-refractivity contribution in [2.45, 2.75) is 26.2 Å². The van der Waals surface area contributed by atoms with Gasteiger partial charge in [0.2, 0.25) is 0 Å². The van der Waals surface area contributed by atoms with Crippen LogP contribution in [0.5, 0.6) is 0 Å². The minimum Gasteiger partial charge on any atom is -0.307 e. The van der Waals surface area contributed by atoms with Crippen LogP contribution in [0.3, 0.4) is 0 Å². The molecule has 2 N–H and O–H groups in total. The van der Waals surface area contributed by atoms with Gasteiger partial charge in [0.05, 0.1) is 5.69 Å². The first kappa shape index (κ1) is 15.9. The molecule has 0 atom stereocenters. The molecule has 5 heteroatoms. The fourth-order valence-electron chi connectivity index (χ4n) is 2.11. The van der Waals surface area contributed by atoms with Crippen LogP contribution in [-0.4, -0.2) is 6.03 Å². The molecule has 0 bridgehead atoms. The minimum atomic E-state index is -0.820. The van der Waals surface area contributed by atoms with E-state index in [0.29, 0.717) is 5.69 Å². The van der Waals surface area contributed by atoms with Gasteiger partial charge in [0.1, 0.15) is 11.6 Å². The summed E-state index contributed by atoms with van der Waals surface area (Å²) in [7, 11) is 0. The number of rotatable bonds is 2. The number of benzene rings is 2. The zero-order chi connectivity index (χ0) is 16.3. The van der Waals surface area contributed by atoms with E-state index in [1.807, 2.05) is 39.0 Å². The number of hydrogen-bond acceptors (Lipinski definition) is 1. The second kappa shape index (κ2) is 6.13. The Morgan fingerprint density at radius 3 is 2.23 bits per heavy atom. The summed E-state index contributed by atoms with van der Waals surface area (Å²) in [6, 6.07) is 9.81. The second-order valence-corrected chi connectivity index (χ2v) is 6.00. The molecule has 0 spiro atoms. The monoisotopic (exact) mass is 304 g/mol. The van der Waals surface area contributed by atoms with Crippen LogP contribution in [0, 0.1) is 11.6 Å². The molecule has 0 fully saturated rings. The third-order valence-corrected chi connectivity index (χ3v) is 3.16. The van der Waals surface area contributed by atoms with Crippen molar-refractivity contribution in [3.63, 3.8) is 0 Å². The van der Waals surface area contributed by atoms with Crippen LogP contribution in [0.25, 0.3) is 0 Å². The molecule has 116 valence electrons.